The van der Waals surface area contributed by atoms with E-state index in [2.05, 4.69) is 5.32 Å². The van der Waals surface area contributed by atoms with Crippen molar-refractivity contribution < 1.29 is 9.90 Å². The molecule has 0 aromatic rings. The second kappa shape index (κ2) is 3.77. The van der Waals surface area contributed by atoms with Gasteiger partial charge in [-0.2, -0.15) is 0 Å². The fraction of sp³-hybridized carbons (Fsp3) is 0.750. The molecule has 0 aromatic heterocycles. The van der Waals surface area contributed by atoms with Crippen LogP contribution in [0.2, 0.25) is 0 Å². The first-order valence-electron chi connectivity index (χ1n) is 2.10. The van der Waals surface area contributed by atoms with Crippen molar-refractivity contribution in [1.29, 1.82) is 0 Å². The maximum atomic E-state index is 9.57. The van der Waals surface area contributed by atoms with E-state index in [1.807, 2.05) is 0 Å². The highest BCUT2D eigenvalue weighted by atomic mass is 16.3. The molecule has 0 aliphatic heterocycles. The molecule has 0 rings (SSSR count). The van der Waals surface area contributed by atoms with Gasteiger partial charge in [0.2, 0.25) is 0 Å². The van der Waals surface area contributed by atoms with Crippen LogP contribution in [0, 0.1) is 0 Å². The normalized spacial score (nSPS) is 13.4. The van der Waals surface area contributed by atoms with Gasteiger partial charge in [0.05, 0.1) is 0 Å². The molecule has 3 heteroatoms. The summed E-state index contributed by atoms with van der Waals surface area (Å²) < 4.78 is 0. The molecule has 0 fully saturated rings. The Morgan fingerprint density at radius 2 is 2.57 bits per heavy atom. The Labute approximate surface area is 42.3 Å². The molecule has 7 heavy (non-hydrogen) atoms. The molecule has 0 saturated heterocycles. The van der Waals surface area contributed by atoms with Crippen LogP contribution in [0.25, 0.3) is 0 Å². The molecule has 0 aliphatic carbocycles. The molecule has 1 unspecified atom stereocenters. The van der Waals surface area contributed by atoms with Crippen molar-refractivity contribution in [3.63, 3.8) is 0 Å². The predicted molar refractivity (Wildman–Crippen MR) is 25.7 cm³/mol. The number of nitrogens with one attached hydrogen (secondary N) is 1. The molecule has 0 amide bonds. The van der Waals surface area contributed by atoms with Gasteiger partial charge in [0.25, 0.3) is 0 Å². The SMILES string of the molecule is CNC(O)CC=O. The Morgan fingerprint density at radius 1 is 2.00 bits per heavy atom. The number of aliphatic hydroxyl groups is 1. The van der Waals surface area contributed by atoms with Crippen LogP contribution in [0.3, 0.4) is 0 Å². The van der Waals surface area contributed by atoms with E-state index in [-0.39, 0.29) is 6.42 Å². The average molecular weight is 103 g/mol. The van der Waals surface area contributed by atoms with E-state index >= 15 is 0 Å². The molecule has 0 aromatic carbocycles. The van der Waals surface area contributed by atoms with Crippen molar-refractivity contribution in [1.82, 2.24) is 5.32 Å². The molecule has 0 heterocycles. The van der Waals surface area contributed by atoms with Crippen LogP contribution < -0.4 is 5.32 Å². The molecule has 42 valence electrons. The van der Waals surface area contributed by atoms with Crippen LogP contribution in [-0.4, -0.2) is 24.7 Å². The van der Waals surface area contributed by atoms with Crippen molar-refractivity contribution in [2.45, 2.75) is 12.6 Å². The quantitative estimate of drug-likeness (QED) is 0.360. The third-order valence-corrected chi connectivity index (χ3v) is 0.653. The Balaban J connectivity index is 2.98. The molecule has 2 N–H and O–H groups in total. The molecular weight excluding hydrogens is 94.0 g/mol. The van der Waals surface area contributed by atoms with Gasteiger partial charge in [-0.1, -0.05) is 0 Å². The van der Waals surface area contributed by atoms with Crippen LogP contribution in [0.15, 0.2) is 0 Å². The third-order valence-electron chi connectivity index (χ3n) is 0.653. The smallest absolute Gasteiger partial charge is 0.123 e. The van der Waals surface area contributed by atoms with Gasteiger partial charge in [0.1, 0.15) is 12.5 Å². The Morgan fingerprint density at radius 3 is 2.71 bits per heavy atom. The van der Waals surface area contributed by atoms with E-state index in [9.17, 15) is 4.79 Å². The van der Waals surface area contributed by atoms with Crippen molar-refractivity contribution in [2.75, 3.05) is 7.05 Å². The summed E-state index contributed by atoms with van der Waals surface area (Å²) in [5, 5.41) is 11.0. The molecule has 0 bridgehead atoms. The summed E-state index contributed by atoms with van der Waals surface area (Å²) in [5.41, 5.74) is 0. The number of carbonyl (C=O) groups excluding carboxylic acids is 1. The average Bonchev–Trinajstić information content (AvgIpc) is 1.68. The summed E-state index contributed by atoms with van der Waals surface area (Å²) in [7, 11) is 1.59. The number of rotatable bonds is 3. The number of aliphatic hydroxyl groups excluding tert-OH is 1. The molecule has 1 atom stereocenters. The van der Waals surface area contributed by atoms with Crippen molar-refractivity contribution in [3.05, 3.63) is 0 Å². The van der Waals surface area contributed by atoms with Gasteiger partial charge in [-0.05, 0) is 7.05 Å². The minimum absolute atomic E-state index is 0.163. The first-order chi connectivity index (χ1) is 3.31. The first kappa shape index (κ1) is 6.59. The fourth-order valence-electron chi connectivity index (χ4n) is 0.209. The Bertz CT molecular complexity index is 55.7. The zero-order valence-electron chi connectivity index (χ0n) is 4.22. The Hall–Kier alpha value is -0.410. The summed E-state index contributed by atoms with van der Waals surface area (Å²) in [6, 6.07) is 0. The van der Waals surface area contributed by atoms with E-state index < -0.39 is 6.23 Å². The highest BCUT2D eigenvalue weighted by molar-refractivity contribution is 5.49. The molecule has 0 radical (unpaired) electrons. The maximum Gasteiger partial charge on any atom is 0.123 e. The summed E-state index contributed by atoms with van der Waals surface area (Å²) in [6.45, 7) is 0. The van der Waals surface area contributed by atoms with Gasteiger partial charge in [-0.25, -0.2) is 0 Å². The molecule has 0 spiro atoms. The van der Waals surface area contributed by atoms with Gasteiger partial charge in [-0.15, -0.1) is 0 Å². The lowest BCUT2D eigenvalue weighted by molar-refractivity contribution is -0.109. The minimum Gasteiger partial charge on any atom is -0.378 e. The second-order valence-corrected chi connectivity index (χ2v) is 1.21. The standard InChI is InChI=1S/C4H9NO2/c1-5-4(7)2-3-6/h3-5,7H,2H2,1H3. The monoisotopic (exact) mass is 103 g/mol. The highest BCUT2D eigenvalue weighted by Gasteiger charge is 1.93. The van der Waals surface area contributed by atoms with Crippen molar-refractivity contribution in [2.24, 2.45) is 0 Å². The largest absolute Gasteiger partial charge is 0.378 e. The Kier molecular flexibility index (Phi) is 3.55. The zero-order chi connectivity index (χ0) is 5.70. The van der Waals surface area contributed by atoms with E-state index in [1.165, 1.54) is 0 Å². The van der Waals surface area contributed by atoms with E-state index in [1.54, 1.807) is 7.05 Å². The summed E-state index contributed by atoms with van der Waals surface area (Å²) in [5.74, 6) is 0. The molecule has 3 nitrogen and oxygen atoms in total. The van der Waals surface area contributed by atoms with Crippen LogP contribution >= 0.6 is 0 Å². The highest BCUT2D eigenvalue weighted by Crippen LogP contribution is 1.76. The van der Waals surface area contributed by atoms with E-state index in [4.69, 9.17) is 5.11 Å². The first-order valence-corrected chi connectivity index (χ1v) is 2.10. The summed E-state index contributed by atoms with van der Waals surface area (Å²) in [6.07, 6.45) is 0.162. The zero-order valence-corrected chi connectivity index (χ0v) is 4.22. The number of aldehydes is 1. The second-order valence-electron chi connectivity index (χ2n) is 1.21. The lowest BCUT2D eigenvalue weighted by Gasteiger charge is -2.00. The number of hydrogen-bond acceptors (Lipinski definition) is 3. The van der Waals surface area contributed by atoms with Gasteiger partial charge in [-0.3, -0.25) is 5.32 Å². The van der Waals surface area contributed by atoms with Gasteiger partial charge in [0, 0.05) is 6.42 Å². The molecule has 0 aliphatic rings. The lowest BCUT2D eigenvalue weighted by atomic mass is 10.4. The maximum absolute atomic E-state index is 9.57. The van der Waals surface area contributed by atoms with Gasteiger partial charge >= 0.3 is 0 Å². The minimum atomic E-state index is -0.669. The summed E-state index contributed by atoms with van der Waals surface area (Å²) >= 11 is 0. The molecular formula is C4H9NO2. The summed E-state index contributed by atoms with van der Waals surface area (Å²) in [4.78, 5) is 9.57. The van der Waals surface area contributed by atoms with Crippen molar-refractivity contribution >= 4 is 6.29 Å². The van der Waals surface area contributed by atoms with E-state index in [0.717, 1.165) is 0 Å². The topological polar surface area (TPSA) is 49.3 Å². The van der Waals surface area contributed by atoms with Gasteiger partial charge < -0.3 is 9.90 Å². The predicted octanol–water partition coefficient (Wildman–Crippen LogP) is -0.887. The van der Waals surface area contributed by atoms with Crippen LogP contribution in [0.1, 0.15) is 6.42 Å². The third kappa shape index (κ3) is 3.42. The van der Waals surface area contributed by atoms with Crippen LogP contribution in [0.4, 0.5) is 0 Å². The van der Waals surface area contributed by atoms with Crippen LogP contribution in [-0.2, 0) is 4.79 Å². The fourth-order valence-corrected chi connectivity index (χ4v) is 0.209. The van der Waals surface area contributed by atoms with Crippen LogP contribution in [0.5, 0.6) is 0 Å². The van der Waals surface area contributed by atoms with Crippen molar-refractivity contribution in [3.8, 4) is 0 Å². The molecule has 0 saturated carbocycles. The lowest BCUT2D eigenvalue weighted by Crippen LogP contribution is -2.24. The van der Waals surface area contributed by atoms with E-state index in [0.29, 0.717) is 6.29 Å². The van der Waals surface area contributed by atoms with Gasteiger partial charge in [0.15, 0.2) is 0 Å². The number of carbonyl (C=O) groups is 1. The number of hydrogen-bond donors (Lipinski definition) is 2.